The van der Waals surface area contributed by atoms with E-state index in [4.69, 9.17) is 23.2 Å². The Hall–Kier alpha value is -0.660. The number of hydrogen-bond acceptors (Lipinski definition) is 1. The monoisotopic (exact) mass is 230 g/mol. The van der Waals surface area contributed by atoms with Gasteiger partial charge in [0.15, 0.2) is 5.75 Å². The van der Waals surface area contributed by atoms with Crippen molar-refractivity contribution in [3.05, 3.63) is 33.8 Å². The van der Waals surface area contributed by atoms with Gasteiger partial charge in [-0.1, -0.05) is 54.8 Å². The summed E-state index contributed by atoms with van der Waals surface area (Å²) in [7, 11) is 0. The van der Waals surface area contributed by atoms with E-state index < -0.39 is 0 Å². The highest BCUT2D eigenvalue weighted by Crippen LogP contribution is 2.34. The lowest BCUT2D eigenvalue weighted by Crippen LogP contribution is -1.77. The summed E-state index contributed by atoms with van der Waals surface area (Å²) < 4.78 is 0. The van der Waals surface area contributed by atoms with Crippen LogP contribution in [0, 0.1) is 0 Å². The molecule has 0 aliphatic heterocycles. The second-order valence-electron chi connectivity index (χ2n) is 2.99. The number of phenolic OH excluding ortho intramolecular Hbond substituents is 1. The molecule has 0 saturated carbocycles. The van der Waals surface area contributed by atoms with Gasteiger partial charge in [-0.25, -0.2) is 0 Å². The lowest BCUT2D eigenvalue weighted by atomic mass is 10.2. The molecule has 0 radical (unpaired) electrons. The molecule has 0 aliphatic rings. The highest BCUT2D eigenvalue weighted by Gasteiger charge is 2.06. The zero-order valence-electron chi connectivity index (χ0n) is 7.93. The summed E-state index contributed by atoms with van der Waals surface area (Å²) in [5.74, 6) is -0.0491. The van der Waals surface area contributed by atoms with Crippen LogP contribution in [0.3, 0.4) is 0 Å². The lowest BCUT2D eigenvalue weighted by Gasteiger charge is -2.02. The van der Waals surface area contributed by atoms with Crippen molar-refractivity contribution in [3.8, 4) is 5.75 Å². The van der Waals surface area contributed by atoms with Crippen molar-refractivity contribution in [1.29, 1.82) is 0 Å². The van der Waals surface area contributed by atoms with E-state index in [1.807, 2.05) is 12.2 Å². The number of unbranched alkanes of at least 4 members (excludes halogenated alkanes) is 1. The molecular weight excluding hydrogens is 219 g/mol. The highest BCUT2D eigenvalue weighted by atomic mass is 35.5. The van der Waals surface area contributed by atoms with Crippen LogP contribution >= 0.6 is 23.2 Å². The van der Waals surface area contributed by atoms with E-state index in [0.717, 1.165) is 18.4 Å². The van der Waals surface area contributed by atoms with Gasteiger partial charge >= 0.3 is 0 Å². The van der Waals surface area contributed by atoms with Crippen LogP contribution < -0.4 is 0 Å². The van der Waals surface area contributed by atoms with E-state index in [0.29, 0.717) is 5.02 Å². The minimum absolute atomic E-state index is 0.0491. The summed E-state index contributed by atoms with van der Waals surface area (Å²) in [6, 6.07) is 3.42. The van der Waals surface area contributed by atoms with E-state index >= 15 is 0 Å². The molecule has 0 spiro atoms. The van der Waals surface area contributed by atoms with Gasteiger partial charge in [0, 0.05) is 0 Å². The molecule has 0 heterocycles. The fourth-order valence-corrected chi connectivity index (χ4v) is 1.50. The quantitative estimate of drug-likeness (QED) is 0.811. The molecule has 1 nitrogen and oxygen atoms in total. The molecule has 1 rings (SSSR count). The summed E-state index contributed by atoms with van der Waals surface area (Å²) in [4.78, 5) is 0. The van der Waals surface area contributed by atoms with Gasteiger partial charge in [-0.15, -0.1) is 0 Å². The van der Waals surface area contributed by atoms with Crippen molar-refractivity contribution in [1.82, 2.24) is 0 Å². The average Bonchev–Trinajstić information content (AvgIpc) is 2.18. The standard InChI is InChI=1S/C11H12Cl2O/c1-2-3-4-5-8-6-7-9(12)11(14)10(8)13/h4-7,14H,2-3H2,1H3/b5-4+. The van der Waals surface area contributed by atoms with Crippen molar-refractivity contribution in [2.24, 2.45) is 0 Å². The Balaban J connectivity index is 2.94. The number of benzene rings is 1. The van der Waals surface area contributed by atoms with E-state index in [1.165, 1.54) is 0 Å². The first kappa shape index (κ1) is 11.4. The zero-order valence-corrected chi connectivity index (χ0v) is 9.44. The molecule has 0 amide bonds. The Morgan fingerprint density at radius 2 is 2.07 bits per heavy atom. The summed E-state index contributed by atoms with van der Waals surface area (Å²) in [6.45, 7) is 2.10. The maximum atomic E-state index is 9.45. The topological polar surface area (TPSA) is 20.2 Å². The molecule has 0 bridgehead atoms. The third-order valence-electron chi connectivity index (χ3n) is 1.85. The van der Waals surface area contributed by atoms with Crippen LogP contribution in [0.15, 0.2) is 18.2 Å². The number of allylic oxidation sites excluding steroid dienone is 1. The Morgan fingerprint density at radius 3 is 2.71 bits per heavy atom. The summed E-state index contributed by atoms with van der Waals surface area (Å²) >= 11 is 11.6. The van der Waals surface area contributed by atoms with Gasteiger partial charge in [0.2, 0.25) is 0 Å². The fourth-order valence-electron chi connectivity index (χ4n) is 1.06. The van der Waals surface area contributed by atoms with Gasteiger partial charge in [0.25, 0.3) is 0 Å². The molecule has 0 aliphatic carbocycles. The highest BCUT2D eigenvalue weighted by molar-refractivity contribution is 6.38. The van der Waals surface area contributed by atoms with Crippen molar-refractivity contribution < 1.29 is 5.11 Å². The third-order valence-corrected chi connectivity index (χ3v) is 2.55. The largest absolute Gasteiger partial charge is 0.505 e. The fraction of sp³-hybridized carbons (Fsp3) is 0.273. The Morgan fingerprint density at radius 1 is 1.36 bits per heavy atom. The van der Waals surface area contributed by atoms with Gasteiger partial charge in [0.05, 0.1) is 10.0 Å². The van der Waals surface area contributed by atoms with Gasteiger partial charge in [-0.05, 0) is 18.1 Å². The smallest absolute Gasteiger partial charge is 0.153 e. The Kier molecular flexibility index (Phi) is 4.30. The van der Waals surface area contributed by atoms with Gasteiger partial charge in [0.1, 0.15) is 0 Å². The molecular formula is C11H12Cl2O. The van der Waals surface area contributed by atoms with Gasteiger partial charge in [-0.2, -0.15) is 0 Å². The predicted octanol–water partition coefficient (Wildman–Crippen LogP) is 4.51. The van der Waals surface area contributed by atoms with E-state index in [-0.39, 0.29) is 10.8 Å². The zero-order chi connectivity index (χ0) is 10.6. The summed E-state index contributed by atoms with van der Waals surface area (Å²) in [6.07, 6.45) is 6.00. The molecule has 0 fully saturated rings. The van der Waals surface area contributed by atoms with Gasteiger partial charge < -0.3 is 5.11 Å². The molecule has 0 atom stereocenters. The number of rotatable bonds is 3. The Labute approximate surface area is 94.0 Å². The van der Waals surface area contributed by atoms with Crippen LogP contribution in [0.2, 0.25) is 10.0 Å². The van der Waals surface area contributed by atoms with Crippen molar-refractivity contribution in [2.75, 3.05) is 0 Å². The maximum absolute atomic E-state index is 9.45. The lowest BCUT2D eigenvalue weighted by molar-refractivity contribution is 0.476. The number of aromatic hydroxyl groups is 1. The second-order valence-corrected chi connectivity index (χ2v) is 3.78. The summed E-state index contributed by atoms with van der Waals surface area (Å²) in [5.41, 5.74) is 0.794. The molecule has 0 saturated heterocycles. The normalized spacial score (nSPS) is 11.1. The molecule has 1 aromatic rings. The van der Waals surface area contributed by atoms with Crippen LogP contribution in [-0.2, 0) is 0 Å². The van der Waals surface area contributed by atoms with Crippen LogP contribution in [0.25, 0.3) is 6.08 Å². The molecule has 14 heavy (non-hydrogen) atoms. The van der Waals surface area contributed by atoms with Crippen LogP contribution in [0.5, 0.6) is 5.75 Å². The van der Waals surface area contributed by atoms with Crippen LogP contribution in [0.1, 0.15) is 25.3 Å². The Bertz CT molecular complexity index is 345. The average molecular weight is 231 g/mol. The molecule has 1 N–H and O–H groups in total. The minimum Gasteiger partial charge on any atom is -0.505 e. The van der Waals surface area contributed by atoms with Crippen LogP contribution in [-0.4, -0.2) is 5.11 Å². The minimum atomic E-state index is -0.0491. The number of phenols is 1. The van der Waals surface area contributed by atoms with E-state index in [2.05, 4.69) is 6.92 Å². The van der Waals surface area contributed by atoms with E-state index in [1.54, 1.807) is 12.1 Å². The first-order valence-corrected chi connectivity index (χ1v) is 5.26. The molecule has 0 unspecified atom stereocenters. The first-order valence-electron chi connectivity index (χ1n) is 4.50. The van der Waals surface area contributed by atoms with Crippen molar-refractivity contribution in [3.63, 3.8) is 0 Å². The molecule has 76 valence electrons. The first-order chi connectivity index (χ1) is 6.66. The second kappa shape index (κ2) is 5.28. The van der Waals surface area contributed by atoms with Crippen molar-refractivity contribution in [2.45, 2.75) is 19.8 Å². The predicted molar refractivity (Wildman–Crippen MR) is 62.1 cm³/mol. The molecule has 1 aromatic carbocycles. The van der Waals surface area contributed by atoms with Gasteiger partial charge in [-0.3, -0.25) is 0 Å². The third kappa shape index (κ3) is 2.66. The van der Waals surface area contributed by atoms with Crippen LogP contribution in [0.4, 0.5) is 0 Å². The van der Waals surface area contributed by atoms with E-state index in [9.17, 15) is 5.11 Å². The molecule has 0 aromatic heterocycles. The maximum Gasteiger partial charge on any atom is 0.153 e. The molecule has 3 heteroatoms. The summed E-state index contributed by atoms with van der Waals surface area (Å²) in [5, 5.41) is 10.0. The SMILES string of the molecule is CCC/C=C/c1ccc(Cl)c(O)c1Cl. The number of hydrogen-bond donors (Lipinski definition) is 1. The number of halogens is 2. The van der Waals surface area contributed by atoms with Crippen molar-refractivity contribution >= 4 is 29.3 Å².